The van der Waals surface area contributed by atoms with Crippen LogP contribution in [0.25, 0.3) is 27.5 Å². The molecule has 59 heavy (non-hydrogen) atoms. The molecule has 2 N–H and O–H groups in total. The maximum atomic E-state index is 15.5. The summed E-state index contributed by atoms with van der Waals surface area (Å²) in [5.74, 6) is -8.63. The molecule has 0 saturated heterocycles. The molecule has 2 aliphatic carbocycles. The first-order valence-electron chi connectivity index (χ1n) is 18.4. The molecule has 0 bridgehead atoms. The highest BCUT2D eigenvalue weighted by Crippen LogP contribution is 2.68. The summed E-state index contributed by atoms with van der Waals surface area (Å²) in [5.41, 5.74) is -1.38. The van der Waals surface area contributed by atoms with E-state index in [4.69, 9.17) is 16.6 Å². The van der Waals surface area contributed by atoms with Crippen LogP contribution in [0.2, 0.25) is 5.02 Å². The first-order valence-corrected chi connectivity index (χ1v) is 20.7. The van der Waals surface area contributed by atoms with E-state index in [0.717, 1.165) is 28.5 Å². The maximum absolute atomic E-state index is 15.5. The fourth-order valence-electron chi connectivity index (χ4n) is 8.22. The standard InChI is InChI=1S/C39H35ClF6N8O4S/c1-17(2)9-18-5-6-22-26(12-18)48-37(54(38(22)56)28-8-7-25(40)31-33(28)52(3)50-36(31)51-59(4,57)58)27(13-19-10-20(41)14-21(42)11-19)47-29(55)16-53-34-30(32(49-53)35(43)44)23-15-24(23)39(34,45)46/h5-8,10-12,14,17,23-24,27,35H,9,13,15-16H2,1-4H3,(H,47,55)(H,50,51)/t23-,24+,27-/m0/s1. The summed E-state index contributed by atoms with van der Waals surface area (Å²) < 4.78 is 118. The molecule has 8 rings (SSSR count). The van der Waals surface area contributed by atoms with Crippen molar-refractivity contribution in [2.75, 3.05) is 11.0 Å². The van der Waals surface area contributed by atoms with E-state index in [9.17, 15) is 35.6 Å². The second-order valence-electron chi connectivity index (χ2n) is 15.5. The molecule has 12 nitrogen and oxygen atoms in total. The lowest BCUT2D eigenvalue weighted by atomic mass is 10.0. The topological polar surface area (TPSA) is 146 Å². The highest BCUT2D eigenvalue weighted by atomic mass is 35.5. The molecule has 1 amide bonds. The van der Waals surface area contributed by atoms with Crippen LogP contribution in [0.4, 0.5) is 32.2 Å². The van der Waals surface area contributed by atoms with Crippen molar-refractivity contribution < 1.29 is 39.6 Å². The molecule has 2 aliphatic rings. The minimum Gasteiger partial charge on any atom is -0.344 e. The molecule has 0 aliphatic heterocycles. The summed E-state index contributed by atoms with van der Waals surface area (Å²) >= 11 is 6.61. The highest BCUT2D eigenvalue weighted by Gasteiger charge is 2.67. The Kier molecular flexibility index (Phi) is 9.84. The predicted octanol–water partition coefficient (Wildman–Crippen LogP) is 7.22. The molecule has 3 heterocycles. The van der Waals surface area contributed by atoms with Crippen molar-refractivity contribution in [3.63, 3.8) is 0 Å². The van der Waals surface area contributed by atoms with Gasteiger partial charge in [0.25, 0.3) is 17.9 Å². The van der Waals surface area contributed by atoms with Crippen LogP contribution in [0.1, 0.15) is 72.6 Å². The lowest BCUT2D eigenvalue weighted by molar-refractivity contribution is -0.123. The first kappa shape index (κ1) is 40.4. The van der Waals surface area contributed by atoms with Gasteiger partial charge in [0, 0.05) is 31.0 Å². The van der Waals surface area contributed by atoms with Crippen molar-refractivity contribution in [1.82, 2.24) is 34.4 Å². The lowest BCUT2D eigenvalue weighted by Crippen LogP contribution is -2.38. The van der Waals surface area contributed by atoms with E-state index < -0.39 is 87.7 Å². The van der Waals surface area contributed by atoms with Crippen molar-refractivity contribution in [3.8, 4) is 5.69 Å². The van der Waals surface area contributed by atoms with Crippen LogP contribution in [-0.2, 0) is 47.2 Å². The zero-order chi connectivity index (χ0) is 42.5. The van der Waals surface area contributed by atoms with E-state index in [1.54, 1.807) is 18.2 Å². The van der Waals surface area contributed by atoms with E-state index in [0.29, 0.717) is 17.2 Å². The number of nitrogens with one attached hydrogen (secondary N) is 2. The van der Waals surface area contributed by atoms with Gasteiger partial charge in [-0.15, -0.1) is 0 Å². The number of carbonyl (C=O) groups excluding carboxylic acids is 1. The van der Waals surface area contributed by atoms with Crippen molar-refractivity contribution in [1.29, 1.82) is 0 Å². The number of halogens is 7. The fourth-order valence-corrected chi connectivity index (χ4v) is 8.96. The minimum absolute atomic E-state index is 0.00438. The quantitative estimate of drug-likeness (QED) is 0.124. The molecule has 3 aromatic carbocycles. The average Bonchev–Trinajstić information content (AvgIpc) is 3.66. The zero-order valence-electron chi connectivity index (χ0n) is 31.7. The van der Waals surface area contributed by atoms with E-state index in [1.165, 1.54) is 23.9 Å². The van der Waals surface area contributed by atoms with Gasteiger partial charge in [-0.1, -0.05) is 31.5 Å². The number of rotatable bonds is 12. The Hall–Kier alpha value is -5.43. The first-order chi connectivity index (χ1) is 27.7. The Morgan fingerprint density at radius 2 is 1.73 bits per heavy atom. The van der Waals surface area contributed by atoms with Gasteiger partial charge in [0.1, 0.15) is 35.4 Å². The molecule has 6 aromatic rings. The third-order valence-corrected chi connectivity index (χ3v) is 11.4. The Labute approximate surface area is 337 Å². The van der Waals surface area contributed by atoms with Gasteiger partial charge in [-0.3, -0.25) is 28.2 Å². The van der Waals surface area contributed by atoms with Crippen LogP contribution in [-0.4, -0.2) is 49.7 Å². The minimum atomic E-state index is -3.89. The van der Waals surface area contributed by atoms with Gasteiger partial charge >= 0.3 is 0 Å². The largest absolute Gasteiger partial charge is 0.344 e. The predicted molar refractivity (Wildman–Crippen MR) is 207 cm³/mol. The van der Waals surface area contributed by atoms with Gasteiger partial charge in [0.2, 0.25) is 15.9 Å². The number of aryl methyl sites for hydroxylation is 1. The Morgan fingerprint density at radius 1 is 1.02 bits per heavy atom. The highest BCUT2D eigenvalue weighted by molar-refractivity contribution is 7.92. The third kappa shape index (κ3) is 7.31. The second-order valence-corrected chi connectivity index (χ2v) is 17.6. The number of hydrogen-bond donors (Lipinski definition) is 2. The molecule has 3 atom stereocenters. The third-order valence-electron chi connectivity index (χ3n) is 10.5. The molecule has 0 unspecified atom stereocenters. The van der Waals surface area contributed by atoms with Crippen LogP contribution in [0.3, 0.4) is 0 Å². The monoisotopic (exact) mass is 860 g/mol. The molecule has 310 valence electrons. The van der Waals surface area contributed by atoms with Crippen LogP contribution >= 0.6 is 11.6 Å². The van der Waals surface area contributed by atoms with E-state index >= 15 is 8.78 Å². The van der Waals surface area contributed by atoms with Gasteiger partial charge in [-0.2, -0.15) is 19.0 Å². The van der Waals surface area contributed by atoms with E-state index in [-0.39, 0.29) is 67.6 Å². The summed E-state index contributed by atoms with van der Waals surface area (Å²) in [4.78, 5) is 33.8. The zero-order valence-corrected chi connectivity index (χ0v) is 33.3. The number of sulfonamides is 1. The number of amides is 1. The summed E-state index contributed by atoms with van der Waals surface area (Å²) in [6.07, 6.45) is -2.09. The number of aromatic nitrogens is 6. The smallest absolute Gasteiger partial charge is 0.293 e. The SMILES string of the molecule is CC(C)Cc1ccc2c(=O)n(-c3ccc(Cl)c4c(NS(C)(=O)=O)nn(C)c34)c([C@H](Cc3cc(F)cc(F)c3)NC(=O)Cn3nc(C(F)F)c4c3C(F)(F)[C@@H]3C[C@H]43)nc2c1. The number of hydrogen-bond acceptors (Lipinski definition) is 7. The van der Waals surface area contributed by atoms with Crippen molar-refractivity contribution >= 4 is 55.2 Å². The molecular formula is C39H35ClF6N8O4S. The Balaban J connectivity index is 1.33. The van der Waals surface area contributed by atoms with Crippen LogP contribution in [0.15, 0.2) is 53.3 Å². The van der Waals surface area contributed by atoms with Crippen LogP contribution in [0, 0.1) is 23.5 Å². The average molecular weight is 861 g/mol. The number of benzene rings is 3. The van der Waals surface area contributed by atoms with Crippen molar-refractivity contribution in [3.05, 3.63) is 109 Å². The van der Waals surface area contributed by atoms with Crippen LogP contribution in [0.5, 0.6) is 0 Å². The van der Waals surface area contributed by atoms with E-state index in [1.807, 2.05) is 13.8 Å². The van der Waals surface area contributed by atoms with Gasteiger partial charge in [0.15, 0.2) is 5.82 Å². The summed E-state index contributed by atoms with van der Waals surface area (Å²) in [5, 5.41) is 11.0. The van der Waals surface area contributed by atoms with E-state index in [2.05, 4.69) is 20.2 Å². The van der Waals surface area contributed by atoms with Crippen LogP contribution < -0.4 is 15.6 Å². The Morgan fingerprint density at radius 3 is 2.39 bits per heavy atom. The van der Waals surface area contributed by atoms with Crippen molar-refractivity contribution in [2.45, 2.75) is 64.0 Å². The number of fused-ring (bicyclic) bond motifs is 5. The lowest BCUT2D eigenvalue weighted by Gasteiger charge is -2.24. The summed E-state index contributed by atoms with van der Waals surface area (Å²) in [6.45, 7) is 3.03. The summed E-state index contributed by atoms with van der Waals surface area (Å²) in [6, 6.07) is 9.02. The number of carbonyl (C=O) groups is 1. The molecule has 0 spiro atoms. The van der Waals surface area contributed by atoms with Gasteiger partial charge in [-0.05, 0) is 72.2 Å². The van der Waals surface area contributed by atoms with Gasteiger partial charge < -0.3 is 5.32 Å². The number of alkyl halides is 4. The molecule has 1 fully saturated rings. The molecule has 20 heteroatoms. The maximum Gasteiger partial charge on any atom is 0.293 e. The molecule has 3 aromatic heterocycles. The second kappa shape index (κ2) is 14.4. The van der Waals surface area contributed by atoms with Gasteiger partial charge in [0.05, 0.1) is 44.8 Å². The summed E-state index contributed by atoms with van der Waals surface area (Å²) in [7, 11) is -2.42. The molecule has 0 radical (unpaired) electrons. The number of nitrogens with zero attached hydrogens (tertiary/aromatic N) is 6. The Bertz CT molecular complexity index is 2880. The molecule has 1 saturated carbocycles. The fraction of sp³-hybridized carbons (Fsp3) is 0.359. The van der Waals surface area contributed by atoms with Crippen molar-refractivity contribution in [2.24, 2.45) is 18.9 Å². The number of anilines is 1. The molecular weight excluding hydrogens is 826 g/mol. The van der Waals surface area contributed by atoms with Gasteiger partial charge in [-0.25, -0.2) is 31.0 Å². The normalized spacial score (nSPS) is 17.5.